The molecule has 194 valence electrons. The van der Waals surface area contributed by atoms with Crippen molar-refractivity contribution in [2.24, 2.45) is 0 Å². The minimum absolute atomic E-state index is 0.0213. The molecule has 1 saturated heterocycles. The van der Waals surface area contributed by atoms with Gasteiger partial charge in [-0.05, 0) is 12.1 Å². The molecule has 1 aliphatic heterocycles. The van der Waals surface area contributed by atoms with E-state index in [1.54, 1.807) is 5.38 Å². The van der Waals surface area contributed by atoms with Gasteiger partial charge in [0.1, 0.15) is 6.61 Å². The number of ether oxygens (including phenoxy) is 5. The summed E-state index contributed by atoms with van der Waals surface area (Å²) in [4.78, 5) is 17.0. The lowest BCUT2D eigenvalue weighted by Gasteiger charge is -2.26. The molecule has 2 heterocycles. The van der Waals surface area contributed by atoms with Gasteiger partial charge in [-0.3, -0.25) is 0 Å². The fraction of sp³-hybridized carbons (Fsp3) is 0.545. The Labute approximate surface area is 205 Å². The van der Waals surface area contributed by atoms with Gasteiger partial charge in [-0.25, -0.2) is 14.2 Å². The molecule has 1 aromatic carbocycles. The number of benzene rings is 1. The first-order valence-electron chi connectivity index (χ1n) is 11.2. The van der Waals surface area contributed by atoms with Crippen LogP contribution in [0.15, 0.2) is 17.5 Å². The molecule has 0 unspecified atom stereocenters. The largest absolute Gasteiger partial charge is 0.487 e. The van der Waals surface area contributed by atoms with Crippen LogP contribution in [-0.2, 0) is 18.9 Å². The number of anilines is 1. The van der Waals surface area contributed by atoms with Crippen molar-refractivity contribution in [3.05, 3.63) is 29.1 Å². The van der Waals surface area contributed by atoms with E-state index in [0.29, 0.717) is 44.3 Å². The second kappa shape index (κ2) is 14.7. The molecule has 0 saturated carbocycles. The van der Waals surface area contributed by atoms with E-state index in [4.69, 9.17) is 28.8 Å². The zero-order chi connectivity index (χ0) is 24.9. The maximum absolute atomic E-state index is 14.5. The van der Waals surface area contributed by atoms with Crippen molar-refractivity contribution in [3.63, 3.8) is 0 Å². The van der Waals surface area contributed by atoms with Crippen LogP contribution in [0.25, 0.3) is 11.3 Å². The van der Waals surface area contributed by atoms with Gasteiger partial charge >= 0.3 is 6.09 Å². The number of rotatable bonds is 15. The molecule has 0 bridgehead atoms. The number of nitrogens with zero attached hydrogens (tertiary/aromatic N) is 2. The zero-order valence-corrected chi connectivity index (χ0v) is 20.0. The Morgan fingerprint density at radius 2 is 1.71 bits per heavy atom. The first-order chi connectivity index (χ1) is 17.1. The molecule has 1 aromatic heterocycles. The van der Waals surface area contributed by atoms with Gasteiger partial charge in [0.15, 0.2) is 16.7 Å². The number of carbonyl (C=O) groups is 1. The summed E-state index contributed by atoms with van der Waals surface area (Å²) >= 11 is 1.43. The standard InChI is InChI=1S/C22H29F2N3O7S/c23-17-2-1-16(18-15-35-21(26-18)27-4-7-31-8-5-27)20(19(17)24)34-14-13-33-12-11-32-10-9-30-6-3-25-22(28)29/h1-2,15,25H,3-14H2,(H,28,29). The highest BCUT2D eigenvalue weighted by Crippen LogP contribution is 2.36. The Balaban J connectivity index is 1.38. The number of hydrogen-bond donors (Lipinski definition) is 2. The third-order valence-corrected chi connectivity index (χ3v) is 5.74. The molecule has 1 amide bonds. The van der Waals surface area contributed by atoms with Crippen LogP contribution in [0.5, 0.6) is 5.75 Å². The molecule has 0 radical (unpaired) electrons. The Bertz CT molecular complexity index is 928. The van der Waals surface area contributed by atoms with Crippen LogP contribution in [0.1, 0.15) is 0 Å². The lowest BCUT2D eigenvalue weighted by atomic mass is 10.1. The average Bonchev–Trinajstić information content (AvgIpc) is 3.35. The normalized spacial score (nSPS) is 13.7. The van der Waals surface area contributed by atoms with E-state index in [0.717, 1.165) is 24.3 Å². The molecule has 1 fully saturated rings. The molecule has 2 aromatic rings. The van der Waals surface area contributed by atoms with E-state index in [9.17, 15) is 13.6 Å². The smallest absolute Gasteiger partial charge is 0.404 e. The van der Waals surface area contributed by atoms with Gasteiger partial charge in [0, 0.05) is 30.6 Å². The second-order valence-corrected chi connectivity index (χ2v) is 8.11. The summed E-state index contributed by atoms with van der Waals surface area (Å²) in [6.07, 6.45) is -1.09. The number of hydrogen-bond acceptors (Lipinski definition) is 9. The van der Waals surface area contributed by atoms with Crippen molar-refractivity contribution in [3.8, 4) is 17.0 Å². The molecular formula is C22H29F2N3O7S. The molecule has 13 heteroatoms. The minimum atomic E-state index is -1.09. The van der Waals surface area contributed by atoms with Crippen LogP contribution in [0.3, 0.4) is 0 Å². The Kier molecular flexibility index (Phi) is 11.4. The van der Waals surface area contributed by atoms with Gasteiger partial charge < -0.3 is 39.0 Å². The Morgan fingerprint density at radius 1 is 1.06 bits per heavy atom. The van der Waals surface area contributed by atoms with E-state index in [1.165, 1.54) is 17.4 Å². The predicted octanol–water partition coefficient (Wildman–Crippen LogP) is 2.62. The summed E-state index contributed by atoms with van der Waals surface area (Å²) in [7, 11) is 0. The second-order valence-electron chi connectivity index (χ2n) is 7.27. The summed E-state index contributed by atoms with van der Waals surface area (Å²) in [6, 6.07) is 2.52. The molecule has 0 spiro atoms. The predicted molar refractivity (Wildman–Crippen MR) is 124 cm³/mol. The minimum Gasteiger partial charge on any atom is -0.487 e. The third-order valence-electron chi connectivity index (χ3n) is 4.84. The summed E-state index contributed by atoms with van der Waals surface area (Å²) < 4.78 is 55.2. The number of amides is 1. The van der Waals surface area contributed by atoms with E-state index in [1.807, 2.05) is 0 Å². The van der Waals surface area contributed by atoms with Crippen LogP contribution >= 0.6 is 11.3 Å². The van der Waals surface area contributed by atoms with Crippen molar-refractivity contribution >= 4 is 22.6 Å². The Hall–Kier alpha value is -2.58. The lowest BCUT2D eigenvalue weighted by molar-refractivity contribution is 0.00973. The number of thiazole rings is 1. The number of halogens is 2. The maximum atomic E-state index is 14.5. The van der Waals surface area contributed by atoms with Gasteiger partial charge in [0.25, 0.3) is 0 Å². The maximum Gasteiger partial charge on any atom is 0.404 e. The quantitative estimate of drug-likeness (QED) is 0.344. The Morgan fingerprint density at radius 3 is 2.40 bits per heavy atom. The number of carboxylic acid groups (broad SMARTS) is 1. The highest BCUT2D eigenvalue weighted by molar-refractivity contribution is 7.14. The summed E-state index contributed by atoms with van der Waals surface area (Å²) in [6.45, 7) is 4.64. The van der Waals surface area contributed by atoms with E-state index in [2.05, 4.69) is 15.2 Å². The first kappa shape index (κ1) is 27.0. The SMILES string of the molecule is O=C(O)NCCOCCOCCOCCOc1c(-c2csc(N3CCOCC3)n2)ccc(F)c1F. The van der Waals surface area contributed by atoms with Crippen LogP contribution in [0.2, 0.25) is 0 Å². The van der Waals surface area contributed by atoms with Crippen LogP contribution < -0.4 is 15.0 Å². The number of morpholine rings is 1. The van der Waals surface area contributed by atoms with Crippen molar-refractivity contribution in [2.45, 2.75) is 0 Å². The van der Waals surface area contributed by atoms with Crippen molar-refractivity contribution in [1.29, 1.82) is 0 Å². The van der Waals surface area contributed by atoms with Gasteiger partial charge in [-0.2, -0.15) is 4.39 Å². The summed E-state index contributed by atoms with van der Waals surface area (Å²) in [5.41, 5.74) is 0.891. The van der Waals surface area contributed by atoms with Crippen molar-refractivity contribution in [2.75, 3.05) is 84.0 Å². The fourth-order valence-corrected chi connectivity index (χ4v) is 4.02. The molecule has 2 N–H and O–H groups in total. The van der Waals surface area contributed by atoms with Crippen molar-refractivity contribution in [1.82, 2.24) is 10.3 Å². The highest BCUT2D eigenvalue weighted by atomic mass is 32.1. The molecule has 0 aliphatic carbocycles. The summed E-state index contributed by atoms with van der Waals surface area (Å²) in [5.74, 6) is -2.26. The number of aromatic nitrogens is 1. The zero-order valence-electron chi connectivity index (χ0n) is 19.2. The molecule has 35 heavy (non-hydrogen) atoms. The average molecular weight is 518 g/mol. The van der Waals surface area contributed by atoms with E-state index < -0.39 is 17.7 Å². The monoisotopic (exact) mass is 517 g/mol. The first-order valence-corrected chi connectivity index (χ1v) is 12.0. The van der Waals surface area contributed by atoms with Crippen LogP contribution in [-0.4, -0.2) is 95.3 Å². The molecule has 0 atom stereocenters. The van der Waals surface area contributed by atoms with Crippen molar-refractivity contribution < 1.29 is 42.4 Å². The van der Waals surface area contributed by atoms with Gasteiger partial charge in [0.05, 0.1) is 58.5 Å². The molecule has 1 aliphatic rings. The van der Waals surface area contributed by atoms with E-state index >= 15 is 0 Å². The van der Waals surface area contributed by atoms with E-state index in [-0.39, 0.29) is 38.7 Å². The highest BCUT2D eigenvalue weighted by Gasteiger charge is 2.20. The topological polar surface area (TPSA) is 112 Å². The van der Waals surface area contributed by atoms with Crippen LogP contribution in [0.4, 0.5) is 18.7 Å². The van der Waals surface area contributed by atoms with Gasteiger partial charge in [-0.15, -0.1) is 11.3 Å². The third kappa shape index (κ3) is 8.85. The lowest BCUT2D eigenvalue weighted by Crippen LogP contribution is -2.36. The fourth-order valence-electron chi connectivity index (χ4n) is 3.14. The number of nitrogens with one attached hydrogen (secondary N) is 1. The van der Waals surface area contributed by atoms with Gasteiger partial charge in [-0.1, -0.05) is 0 Å². The summed E-state index contributed by atoms with van der Waals surface area (Å²) in [5, 5.41) is 13.2. The molecule has 10 nitrogen and oxygen atoms in total. The van der Waals surface area contributed by atoms with Gasteiger partial charge in [0.2, 0.25) is 5.82 Å². The molecule has 3 rings (SSSR count). The molecular weight excluding hydrogens is 488 g/mol. The van der Waals surface area contributed by atoms with Crippen LogP contribution in [0, 0.1) is 11.6 Å².